The van der Waals surface area contributed by atoms with E-state index in [1.54, 1.807) is 11.0 Å². The number of ether oxygens (including phenoxy) is 1. The Morgan fingerprint density at radius 1 is 1.00 bits per heavy atom. The molecule has 1 N–H and O–H groups in total. The maximum Gasteiger partial charge on any atom is 0.276 e. The van der Waals surface area contributed by atoms with E-state index >= 15 is 0 Å². The summed E-state index contributed by atoms with van der Waals surface area (Å²) in [5.41, 5.74) is 5.76. The molecule has 3 aromatic rings. The molecular formula is C26H26N2O4S. The fourth-order valence-electron chi connectivity index (χ4n) is 3.68. The lowest BCUT2D eigenvalue weighted by atomic mass is 9.98. The van der Waals surface area contributed by atoms with Gasteiger partial charge in [0.25, 0.3) is 11.8 Å². The Morgan fingerprint density at radius 2 is 1.73 bits per heavy atom. The van der Waals surface area contributed by atoms with Crippen LogP contribution in [0.4, 0.5) is 0 Å². The minimum absolute atomic E-state index is 0.173. The lowest BCUT2D eigenvalue weighted by Gasteiger charge is -2.24. The molecule has 0 spiro atoms. The first-order valence-electron chi connectivity index (χ1n) is 10.9. The van der Waals surface area contributed by atoms with Gasteiger partial charge in [0, 0.05) is 17.9 Å². The van der Waals surface area contributed by atoms with Crippen molar-refractivity contribution in [2.75, 3.05) is 18.9 Å². The van der Waals surface area contributed by atoms with Crippen LogP contribution in [0, 0.1) is 0 Å². The monoisotopic (exact) mass is 462 g/mol. The molecule has 4 rings (SSSR count). The summed E-state index contributed by atoms with van der Waals surface area (Å²) in [4.78, 5) is 33.3. The number of carbonyl (C=O) groups is 2. The topological polar surface area (TPSA) is 67.9 Å². The van der Waals surface area contributed by atoms with E-state index in [9.17, 15) is 9.59 Å². The van der Waals surface area contributed by atoms with Crippen molar-refractivity contribution in [3.8, 4) is 16.9 Å². The Labute approximate surface area is 197 Å². The van der Waals surface area contributed by atoms with Crippen molar-refractivity contribution >= 4 is 23.6 Å². The Kier molecular flexibility index (Phi) is 7.65. The molecule has 6 nitrogen and oxygen atoms in total. The van der Waals surface area contributed by atoms with Gasteiger partial charge in [0.1, 0.15) is 5.75 Å². The van der Waals surface area contributed by atoms with Crippen LogP contribution < -0.4 is 10.2 Å². The molecule has 2 amide bonds. The average Bonchev–Trinajstić information content (AvgIpc) is 3.35. The van der Waals surface area contributed by atoms with E-state index < -0.39 is 5.37 Å². The molecule has 1 aliphatic rings. The van der Waals surface area contributed by atoms with E-state index in [1.807, 2.05) is 79.7 Å². The fraction of sp³-hybridized carbons (Fsp3) is 0.231. The molecule has 1 saturated heterocycles. The zero-order valence-corrected chi connectivity index (χ0v) is 19.2. The highest BCUT2D eigenvalue weighted by Crippen LogP contribution is 2.31. The first-order chi connectivity index (χ1) is 16.2. The van der Waals surface area contributed by atoms with E-state index in [0.29, 0.717) is 24.5 Å². The highest BCUT2D eigenvalue weighted by atomic mass is 32.2. The van der Waals surface area contributed by atoms with Gasteiger partial charge in [-0.15, -0.1) is 11.8 Å². The van der Waals surface area contributed by atoms with Crippen molar-refractivity contribution in [1.29, 1.82) is 0 Å². The average molecular weight is 463 g/mol. The van der Waals surface area contributed by atoms with Gasteiger partial charge >= 0.3 is 0 Å². The predicted molar refractivity (Wildman–Crippen MR) is 130 cm³/mol. The Balaban J connectivity index is 1.46. The molecule has 0 radical (unpaired) electrons. The second-order valence-corrected chi connectivity index (χ2v) is 8.65. The number of hydrogen-bond donors (Lipinski definition) is 1. The molecule has 1 aliphatic heterocycles. The van der Waals surface area contributed by atoms with Crippen LogP contribution in [-0.4, -0.2) is 41.0 Å². The molecule has 1 atom stereocenters. The Hall–Kier alpha value is -3.29. The predicted octanol–water partition coefficient (Wildman–Crippen LogP) is 4.52. The highest BCUT2D eigenvalue weighted by Gasteiger charge is 2.36. The molecule has 0 aromatic heterocycles. The number of rotatable bonds is 8. The third kappa shape index (κ3) is 5.56. The number of benzene rings is 3. The van der Waals surface area contributed by atoms with Gasteiger partial charge in [0.15, 0.2) is 5.37 Å². The number of hydroxylamine groups is 1. The van der Waals surface area contributed by atoms with Gasteiger partial charge in [-0.1, -0.05) is 60.7 Å². The van der Waals surface area contributed by atoms with Gasteiger partial charge in [-0.05, 0) is 41.8 Å². The summed E-state index contributed by atoms with van der Waals surface area (Å²) in [6.07, 6.45) is 0. The van der Waals surface area contributed by atoms with Crippen LogP contribution in [0.3, 0.4) is 0 Å². The Morgan fingerprint density at radius 3 is 2.48 bits per heavy atom. The number of nitrogens with zero attached hydrogens (tertiary/aromatic N) is 1. The lowest BCUT2D eigenvalue weighted by Crippen LogP contribution is -2.44. The van der Waals surface area contributed by atoms with Crippen molar-refractivity contribution in [3.63, 3.8) is 0 Å². The summed E-state index contributed by atoms with van der Waals surface area (Å²) in [7, 11) is 0. The summed E-state index contributed by atoms with van der Waals surface area (Å²) in [5.74, 6) is 0.967. The number of hydrogen-bond acceptors (Lipinski definition) is 5. The second kappa shape index (κ2) is 11.0. The first-order valence-corrected chi connectivity index (χ1v) is 11.9. The van der Waals surface area contributed by atoms with Gasteiger partial charge in [-0.3, -0.25) is 14.4 Å². The summed E-state index contributed by atoms with van der Waals surface area (Å²) in [6, 6.07) is 24.7. The van der Waals surface area contributed by atoms with Gasteiger partial charge < -0.3 is 9.64 Å². The van der Waals surface area contributed by atoms with E-state index in [-0.39, 0.29) is 18.4 Å². The molecule has 3 aromatic carbocycles. The molecular weight excluding hydrogens is 436 g/mol. The molecule has 170 valence electrons. The van der Waals surface area contributed by atoms with Crippen molar-refractivity contribution < 1.29 is 19.2 Å². The van der Waals surface area contributed by atoms with Gasteiger partial charge in [0.05, 0.1) is 13.2 Å². The smallest absolute Gasteiger partial charge is 0.276 e. The SMILES string of the molecule is CCOc1ccc(-c2ccccc2C(=O)N2CCS[C@H]2C(=O)NOCc2ccccc2)cc1. The minimum atomic E-state index is -0.637. The summed E-state index contributed by atoms with van der Waals surface area (Å²) in [6.45, 7) is 3.30. The largest absolute Gasteiger partial charge is 0.494 e. The Bertz CT molecular complexity index is 1090. The molecule has 33 heavy (non-hydrogen) atoms. The van der Waals surface area contributed by atoms with E-state index in [1.165, 1.54) is 11.8 Å². The quantitative estimate of drug-likeness (QED) is 0.499. The minimum Gasteiger partial charge on any atom is -0.494 e. The molecule has 0 unspecified atom stereocenters. The zero-order chi connectivity index (χ0) is 23.0. The molecule has 1 fully saturated rings. The van der Waals surface area contributed by atoms with E-state index in [2.05, 4.69) is 5.48 Å². The molecule has 0 aliphatic carbocycles. The number of amides is 2. The van der Waals surface area contributed by atoms with E-state index in [0.717, 1.165) is 22.4 Å². The van der Waals surface area contributed by atoms with Crippen LogP contribution in [-0.2, 0) is 16.2 Å². The van der Waals surface area contributed by atoms with Crippen LogP contribution in [0.2, 0.25) is 0 Å². The maximum absolute atomic E-state index is 13.5. The van der Waals surface area contributed by atoms with Crippen molar-refractivity contribution in [2.24, 2.45) is 0 Å². The second-order valence-electron chi connectivity index (χ2n) is 7.47. The van der Waals surface area contributed by atoms with Crippen LogP contribution in [0.1, 0.15) is 22.8 Å². The van der Waals surface area contributed by atoms with Crippen molar-refractivity contribution in [3.05, 3.63) is 90.0 Å². The van der Waals surface area contributed by atoms with Crippen molar-refractivity contribution in [2.45, 2.75) is 18.9 Å². The van der Waals surface area contributed by atoms with E-state index in [4.69, 9.17) is 9.57 Å². The zero-order valence-electron chi connectivity index (χ0n) is 18.4. The molecule has 1 heterocycles. The fourth-order valence-corrected chi connectivity index (χ4v) is 4.79. The van der Waals surface area contributed by atoms with Crippen LogP contribution in [0.5, 0.6) is 5.75 Å². The standard InChI is InChI=1S/C26H26N2O4S/c1-2-31-21-14-12-20(13-15-21)22-10-6-7-11-23(22)25(30)28-16-17-33-26(28)24(29)27-32-18-19-8-4-3-5-9-19/h3-15,26H,2,16-18H2,1H3,(H,27,29)/t26-/m0/s1. The third-order valence-corrected chi connectivity index (χ3v) is 6.47. The summed E-state index contributed by atoms with van der Waals surface area (Å²) < 4.78 is 5.52. The van der Waals surface area contributed by atoms with Crippen LogP contribution in [0.15, 0.2) is 78.9 Å². The summed E-state index contributed by atoms with van der Waals surface area (Å²) >= 11 is 1.43. The summed E-state index contributed by atoms with van der Waals surface area (Å²) in [5, 5.41) is -0.637. The highest BCUT2D eigenvalue weighted by molar-refractivity contribution is 8.00. The van der Waals surface area contributed by atoms with Crippen LogP contribution >= 0.6 is 11.8 Å². The maximum atomic E-state index is 13.5. The van der Waals surface area contributed by atoms with Crippen molar-refractivity contribution in [1.82, 2.24) is 10.4 Å². The van der Waals surface area contributed by atoms with Gasteiger partial charge in [0.2, 0.25) is 0 Å². The molecule has 0 saturated carbocycles. The third-order valence-electron chi connectivity index (χ3n) is 5.26. The lowest BCUT2D eigenvalue weighted by molar-refractivity contribution is -0.136. The van der Waals surface area contributed by atoms with Gasteiger partial charge in [-0.2, -0.15) is 0 Å². The van der Waals surface area contributed by atoms with Gasteiger partial charge in [-0.25, -0.2) is 5.48 Å². The van der Waals surface area contributed by atoms with Crippen LogP contribution in [0.25, 0.3) is 11.1 Å². The number of thioether (sulfide) groups is 1. The number of nitrogens with one attached hydrogen (secondary N) is 1. The molecule has 7 heteroatoms. The molecule has 0 bridgehead atoms. The first kappa shape index (κ1) is 22.9. The number of carbonyl (C=O) groups excluding carboxylic acids is 2. The normalized spacial score (nSPS) is 15.3.